The van der Waals surface area contributed by atoms with Crippen LogP contribution in [0.3, 0.4) is 0 Å². The molecular formula is C14H22N4O3. The van der Waals surface area contributed by atoms with E-state index < -0.39 is 5.97 Å². The fourth-order valence-electron chi connectivity index (χ4n) is 2.78. The van der Waals surface area contributed by atoms with Crippen LogP contribution in [0, 0.1) is 11.8 Å². The number of carboxylic acid groups (broad SMARTS) is 1. The molecule has 21 heavy (non-hydrogen) atoms. The lowest BCUT2D eigenvalue weighted by molar-refractivity contribution is -0.144. The summed E-state index contributed by atoms with van der Waals surface area (Å²) in [6.07, 6.45) is 7.10. The number of carbonyl (C=O) groups excluding carboxylic acids is 1. The van der Waals surface area contributed by atoms with E-state index in [9.17, 15) is 14.7 Å². The minimum absolute atomic E-state index is 0.0353. The zero-order valence-corrected chi connectivity index (χ0v) is 12.0. The van der Waals surface area contributed by atoms with Crippen LogP contribution in [0.1, 0.15) is 25.7 Å². The van der Waals surface area contributed by atoms with Gasteiger partial charge in [0, 0.05) is 25.5 Å². The quantitative estimate of drug-likeness (QED) is 0.731. The van der Waals surface area contributed by atoms with Gasteiger partial charge in [-0.15, -0.1) is 0 Å². The van der Waals surface area contributed by atoms with E-state index in [-0.39, 0.29) is 17.9 Å². The predicted molar refractivity (Wildman–Crippen MR) is 76.7 cm³/mol. The monoisotopic (exact) mass is 294 g/mol. The lowest BCUT2D eigenvalue weighted by Crippen LogP contribution is -2.42. The zero-order chi connectivity index (χ0) is 15.1. The van der Waals surface area contributed by atoms with Crippen molar-refractivity contribution < 1.29 is 14.7 Å². The highest BCUT2D eigenvalue weighted by molar-refractivity contribution is 5.74. The summed E-state index contributed by atoms with van der Waals surface area (Å²) in [5.41, 5.74) is 0. The maximum atomic E-state index is 11.7. The molecule has 2 atom stereocenters. The van der Waals surface area contributed by atoms with Crippen molar-refractivity contribution in [3.63, 3.8) is 0 Å². The first kappa shape index (κ1) is 15.3. The lowest BCUT2D eigenvalue weighted by Gasteiger charge is -2.28. The van der Waals surface area contributed by atoms with Crippen LogP contribution in [0.25, 0.3) is 0 Å². The predicted octanol–water partition coefficient (Wildman–Crippen LogP) is 1.07. The maximum absolute atomic E-state index is 11.7. The summed E-state index contributed by atoms with van der Waals surface area (Å²) in [4.78, 5) is 22.9. The molecule has 2 unspecified atom stereocenters. The van der Waals surface area contributed by atoms with Crippen LogP contribution in [-0.4, -0.2) is 40.0 Å². The standard InChI is InChI=1S/C14H22N4O3/c19-13(20)12-5-2-1-4-11(12)10-16-14(21)15-7-9-18-8-3-6-17-18/h3,6,8,11-12H,1-2,4-5,7,9-10H2,(H,19,20)(H2,15,16,21). The van der Waals surface area contributed by atoms with Crippen LogP contribution in [0.15, 0.2) is 18.5 Å². The average molecular weight is 294 g/mol. The summed E-state index contributed by atoms with van der Waals surface area (Å²) in [5, 5.41) is 18.7. The Balaban J connectivity index is 1.66. The Labute approximate surface area is 123 Å². The summed E-state index contributed by atoms with van der Waals surface area (Å²) >= 11 is 0. The van der Waals surface area contributed by atoms with Crippen molar-refractivity contribution in [2.45, 2.75) is 32.2 Å². The third-order valence-electron chi connectivity index (χ3n) is 3.94. The van der Waals surface area contributed by atoms with Gasteiger partial charge in [0.1, 0.15) is 0 Å². The molecule has 1 heterocycles. The fraction of sp³-hybridized carbons (Fsp3) is 0.643. The second-order valence-corrected chi connectivity index (χ2v) is 5.40. The normalized spacial score (nSPS) is 21.7. The number of carbonyl (C=O) groups is 2. The van der Waals surface area contributed by atoms with Crippen molar-refractivity contribution in [3.8, 4) is 0 Å². The van der Waals surface area contributed by atoms with Crippen LogP contribution in [0.5, 0.6) is 0 Å². The number of nitrogens with zero attached hydrogens (tertiary/aromatic N) is 2. The molecule has 1 aliphatic rings. The topological polar surface area (TPSA) is 96.3 Å². The van der Waals surface area contributed by atoms with E-state index in [1.54, 1.807) is 10.9 Å². The Morgan fingerprint density at radius 2 is 2.10 bits per heavy atom. The van der Waals surface area contributed by atoms with Crippen molar-refractivity contribution in [2.24, 2.45) is 11.8 Å². The lowest BCUT2D eigenvalue weighted by atomic mass is 9.79. The average Bonchev–Trinajstić information content (AvgIpc) is 2.98. The molecule has 0 saturated heterocycles. The number of aromatic nitrogens is 2. The van der Waals surface area contributed by atoms with Crippen LogP contribution in [0.4, 0.5) is 4.79 Å². The minimum Gasteiger partial charge on any atom is -0.481 e. The van der Waals surface area contributed by atoms with Gasteiger partial charge < -0.3 is 15.7 Å². The first-order valence-corrected chi connectivity index (χ1v) is 7.39. The smallest absolute Gasteiger partial charge is 0.314 e. The van der Waals surface area contributed by atoms with Gasteiger partial charge in [-0.25, -0.2) is 4.79 Å². The number of amides is 2. The van der Waals surface area contributed by atoms with Crippen molar-refractivity contribution >= 4 is 12.0 Å². The summed E-state index contributed by atoms with van der Waals surface area (Å²) in [7, 11) is 0. The molecule has 7 nitrogen and oxygen atoms in total. The van der Waals surface area contributed by atoms with Gasteiger partial charge in [-0.3, -0.25) is 9.48 Å². The first-order chi connectivity index (χ1) is 10.2. The third kappa shape index (κ3) is 4.77. The van der Waals surface area contributed by atoms with E-state index in [0.29, 0.717) is 26.1 Å². The summed E-state index contributed by atoms with van der Waals surface area (Å²) in [6, 6.07) is 1.58. The second-order valence-electron chi connectivity index (χ2n) is 5.40. The van der Waals surface area contributed by atoms with Crippen LogP contribution < -0.4 is 10.6 Å². The molecule has 7 heteroatoms. The van der Waals surface area contributed by atoms with E-state index >= 15 is 0 Å². The van der Waals surface area contributed by atoms with Gasteiger partial charge in [-0.2, -0.15) is 5.10 Å². The zero-order valence-electron chi connectivity index (χ0n) is 12.0. The van der Waals surface area contributed by atoms with Gasteiger partial charge in [0.25, 0.3) is 0 Å². The number of nitrogens with one attached hydrogen (secondary N) is 2. The maximum Gasteiger partial charge on any atom is 0.314 e. The molecule has 1 aromatic heterocycles. The van der Waals surface area contributed by atoms with Gasteiger partial charge in [0.2, 0.25) is 0 Å². The highest BCUT2D eigenvalue weighted by Crippen LogP contribution is 2.29. The Morgan fingerprint density at radius 1 is 1.29 bits per heavy atom. The van der Waals surface area contributed by atoms with Crippen molar-refractivity contribution in [3.05, 3.63) is 18.5 Å². The number of urea groups is 1. The molecule has 1 aliphatic carbocycles. The molecular weight excluding hydrogens is 272 g/mol. The van der Waals surface area contributed by atoms with Gasteiger partial charge in [-0.1, -0.05) is 12.8 Å². The van der Waals surface area contributed by atoms with Crippen molar-refractivity contribution in [1.82, 2.24) is 20.4 Å². The summed E-state index contributed by atoms with van der Waals surface area (Å²) in [5.74, 6) is -1.04. The van der Waals surface area contributed by atoms with Gasteiger partial charge in [0.05, 0.1) is 12.5 Å². The molecule has 0 spiro atoms. The van der Waals surface area contributed by atoms with E-state index in [2.05, 4.69) is 15.7 Å². The van der Waals surface area contributed by atoms with Crippen LogP contribution in [0.2, 0.25) is 0 Å². The highest BCUT2D eigenvalue weighted by Gasteiger charge is 2.30. The van der Waals surface area contributed by atoms with E-state index in [4.69, 9.17) is 0 Å². The molecule has 116 valence electrons. The number of rotatable bonds is 6. The number of carboxylic acids is 1. The van der Waals surface area contributed by atoms with Crippen LogP contribution >= 0.6 is 0 Å². The summed E-state index contributed by atoms with van der Waals surface area (Å²) in [6.45, 7) is 1.52. The molecule has 0 aromatic carbocycles. The van der Waals surface area contributed by atoms with E-state index in [0.717, 1.165) is 19.3 Å². The molecule has 0 aliphatic heterocycles. The van der Waals surface area contributed by atoms with Gasteiger partial charge in [-0.05, 0) is 24.8 Å². The van der Waals surface area contributed by atoms with E-state index in [1.165, 1.54) is 0 Å². The molecule has 0 radical (unpaired) electrons. The Morgan fingerprint density at radius 3 is 2.81 bits per heavy atom. The van der Waals surface area contributed by atoms with Gasteiger partial charge >= 0.3 is 12.0 Å². The fourth-order valence-corrected chi connectivity index (χ4v) is 2.78. The molecule has 2 rings (SSSR count). The SMILES string of the molecule is O=C(NCCn1cccn1)NCC1CCCCC1C(=O)O. The van der Waals surface area contributed by atoms with Gasteiger partial charge in [0.15, 0.2) is 0 Å². The Bertz CT molecular complexity index is 461. The molecule has 2 amide bonds. The Kier molecular flexibility index (Phi) is 5.59. The highest BCUT2D eigenvalue weighted by atomic mass is 16.4. The van der Waals surface area contributed by atoms with Crippen molar-refractivity contribution in [1.29, 1.82) is 0 Å². The van der Waals surface area contributed by atoms with Crippen molar-refractivity contribution in [2.75, 3.05) is 13.1 Å². The largest absolute Gasteiger partial charge is 0.481 e. The van der Waals surface area contributed by atoms with E-state index in [1.807, 2.05) is 12.3 Å². The Hall–Kier alpha value is -2.05. The third-order valence-corrected chi connectivity index (χ3v) is 3.94. The van der Waals surface area contributed by atoms with Crippen LogP contribution in [-0.2, 0) is 11.3 Å². The number of aliphatic carboxylic acids is 1. The number of hydrogen-bond donors (Lipinski definition) is 3. The molecule has 1 aromatic rings. The second kappa shape index (κ2) is 7.66. The molecule has 1 saturated carbocycles. The number of hydrogen-bond acceptors (Lipinski definition) is 3. The molecule has 1 fully saturated rings. The first-order valence-electron chi connectivity index (χ1n) is 7.39. The molecule has 0 bridgehead atoms. The minimum atomic E-state index is -0.749. The molecule has 3 N–H and O–H groups in total. The summed E-state index contributed by atoms with van der Waals surface area (Å²) < 4.78 is 1.74.